The van der Waals surface area contributed by atoms with Crippen molar-refractivity contribution in [3.8, 4) is 0 Å². The number of rotatable bonds is 7. The van der Waals surface area contributed by atoms with Gasteiger partial charge in [-0.25, -0.2) is 9.59 Å². The van der Waals surface area contributed by atoms with E-state index in [0.717, 1.165) is 0 Å². The molecule has 1 atom stereocenters. The maximum Gasteiger partial charge on any atom is 0.344 e. The van der Waals surface area contributed by atoms with Gasteiger partial charge in [-0.3, -0.25) is 9.59 Å². The molecular weight excluding hydrogens is 236 g/mol. The number of carbonyl (C=O) groups excluding carboxylic acids is 3. The SMILES string of the molecule is CC(=O)COC(=O)COC(=O)C(O)CC(=O)O. The number of carboxylic acid groups (broad SMARTS) is 1. The van der Waals surface area contributed by atoms with Crippen molar-refractivity contribution in [2.75, 3.05) is 13.2 Å². The molecular formula is C9H12O8. The van der Waals surface area contributed by atoms with Crippen LogP contribution in [0.3, 0.4) is 0 Å². The third-order valence-corrected chi connectivity index (χ3v) is 1.41. The highest BCUT2D eigenvalue weighted by molar-refractivity contribution is 5.84. The van der Waals surface area contributed by atoms with Crippen LogP contribution in [0, 0.1) is 0 Å². The van der Waals surface area contributed by atoms with Gasteiger partial charge in [-0.2, -0.15) is 0 Å². The number of hydrogen-bond donors (Lipinski definition) is 2. The Morgan fingerprint density at radius 2 is 1.71 bits per heavy atom. The molecule has 0 aliphatic carbocycles. The third kappa shape index (κ3) is 7.91. The van der Waals surface area contributed by atoms with Crippen molar-refractivity contribution < 1.29 is 38.9 Å². The van der Waals surface area contributed by atoms with Gasteiger partial charge < -0.3 is 19.7 Å². The molecule has 0 aromatic rings. The molecule has 0 aromatic carbocycles. The fourth-order valence-electron chi connectivity index (χ4n) is 0.699. The van der Waals surface area contributed by atoms with Crippen LogP contribution in [0.25, 0.3) is 0 Å². The molecule has 0 aliphatic rings. The smallest absolute Gasteiger partial charge is 0.344 e. The Kier molecular flexibility index (Phi) is 6.49. The zero-order valence-electron chi connectivity index (χ0n) is 9.04. The van der Waals surface area contributed by atoms with E-state index in [4.69, 9.17) is 10.2 Å². The summed E-state index contributed by atoms with van der Waals surface area (Å²) in [7, 11) is 0. The Hall–Kier alpha value is -1.96. The van der Waals surface area contributed by atoms with Gasteiger partial charge >= 0.3 is 17.9 Å². The first-order valence-corrected chi connectivity index (χ1v) is 4.54. The normalized spacial score (nSPS) is 11.4. The molecule has 0 amide bonds. The molecule has 1 unspecified atom stereocenters. The van der Waals surface area contributed by atoms with Crippen molar-refractivity contribution in [3.05, 3.63) is 0 Å². The van der Waals surface area contributed by atoms with Crippen LogP contribution in [0.15, 0.2) is 0 Å². The van der Waals surface area contributed by atoms with Crippen molar-refractivity contribution in [2.24, 2.45) is 0 Å². The number of ether oxygens (including phenoxy) is 2. The van der Waals surface area contributed by atoms with Crippen LogP contribution < -0.4 is 0 Å². The molecule has 2 N–H and O–H groups in total. The lowest BCUT2D eigenvalue weighted by molar-refractivity contribution is -0.166. The quantitative estimate of drug-likeness (QED) is 0.521. The van der Waals surface area contributed by atoms with E-state index in [1.807, 2.05) is 0 Å². The van der Waals surface area contributed by atoms with Crippen LogP contribution in [0.5, 0.6) is 0 Å². The Morgan fingerprint density at radius 1 is 1.12 bits per heavy atom. The molecule has 96 valence electrons. The molecule has 17 heavy (non-hydrogen) atoms. The monoisotopic (exact) mass is 248 g/mol. The minimum absolute atomic E-state index is 0.379. The molecule has 0 saturated heterocycles. The predicted octanol–water partition coefficient (Wildman–Crippen LogP) is -1.50. The van der Waals surface area contributed by atoms with Crippen LogP contribution in [0.2, 0.25) is 0 Å². The number of aliphatic carboxylic acids is 1. The number of carbonyl (C=O) groups is 4. The minimum atomic E-state index is -1.84. The molecule has 0 fully saturated rings. The Morgan fingerprint density at radius 3 is 2.18 bits per heavy atom. The molecule has 0 bridgehead atoms. The topological polar surface area (TPSA) is 127 Å². The molecule has 0 heterocycles. The summed E-state index contributed by atoms with van der Waals surface area (Å²) >= 11 is 0. The average molecular weight is 248 g/mol. The van der Waals surface area contributed by atoms with Crippen molar-refractivity contribution in [1.29, 1.82) is 0 Å². The van der Waals surface area contributed by atoms with Crippen molar-refractivity contribution >= 4 is 23.7 Å². The highest BCUT2D eigenvalue weighted by Crippen LogP contribution is 1.95. The molecule has 0 rings (SSSR count). The number of Topliss-reactive ketones (excluding diaryl/α,β-unsaturated/α-hetero) is 1. The average Bonchev–Trinajstić information content (AvgIpc) is 2.21. The Balaban J connectivity index is 3.87. The van der Waals surface area contributed by atoms with Crippen molar-refractivity contribution in [1.82, 2.24) is 0 Å². The molecule has 0 aromatic heterocycles. The lowest BCUT2D eigenvalue weighted by atomic mass is 10.2. The minimum Gasteiger partial charge on any atom is -0.481 e. The lowest BCUT2D eigenvalue weighted by Crippen LogP contribution is -2.28. The summed E-state index contributed by atoms with van der Waals surface area (Å²) in [6.45, 7) is -0.0211. The highest BCUT2D eigenvalue weighted by atomic mass is 16.6. The van der Waals surface area contributed by atoms with Gasteiger partial charge in [0.25, 0.3) is 0 Å². The van der Waals surface area contributed by atoms with Gasteiger partial charge in [-0.1, -0.05) is 0 Å². The second-order valence-corrected chi connectivity index (χ2v) is 3.08. The standard InChI is InChI=1S/C9H12O8/c1-5(10)3-16-8(14)4-17-9(15)6(11)2-7(12)13/h6,11H,2-4H2,1H3,(H,12,13). The number of hydrogen-bond acceptors (Lipinski definition) is 7. The number of ketones is 1. The number of carboxylic acids is 1. The second-order valence-electron chi connectivity index (χ2n) is 3.08. The molecule has 8 heteroatoms. The van der Waals surface area contributed by atoms with E-state index in [0.29, 0.717) is 0 Å². The van der Waals surface area contributed by atoms with Gasteiger partial charge in [0.2, 0.25) is 0 Å². The third-order valence-electron chi connectivity index (χ3n) is 1.41. The summed E-state index contributed by atoms with van der Waals surface area (Å²) in [4.78, 5) is 42.3. The first kappa shape index (κ1) is 15.0. The van der Waals surface area contributed by atoms with E-state index < -0.39 is 43.6 Å². The van der Waals surface area contributed by atoms with Crippen LogP contribution in [-0.2, 0) is 28.7 Å². The van der Waals surface area contributed by atoms with E-state index in [9.17, 15) is 19.2 Å². The lowest BCUT2D eigenvalue weighted by Gasteiger charge is -2.08. The van der Waals surface area contributed by atoms with Gasteiger partial charge in [0, 0.05) is 0 Å². The summed E-state index contributed by atoms with van der Waals surface area (Å²) < 4.78 is 8.61. The van der Waals surface area contributed by atoms with Gasteiger partial charge in [0.05, 0.1) is 6.42 Å². The Bertz CT molecular complexity index is 321. The zero-order valence-corrected chi connectivity index (χ0v) is 9.04. The molecule has 8 nitrogen and oxygen atoms in total. The van der Waals surface area contributed by atoms with Gasteiger partial charge in [0.1, 0.15) is 6.61 Å². The number of aliphatic hydroxyl groups excluding tert-OH is 1. The van der Waals surface area contributed by atoms with Gasteiger partial charge in [0.15, 0.2) is 18.5 Å². The van der Waals surface area contributed by atoms with Crippen molar-refractivity contribution in [3.63, 3.8) is 0 Å². The highest BCUT2D eigenvalue weighted by Gasteiger charge is 2.21. The van der Waals surface area contributed by atoms with Crippen LogP contribution in [0.1, 0.15) is 13.3 Å². The summed E-state index contributed by atoms with van der Waals surface area (Å²) in [5.74, 6) is -3.97. The van der Waals surface area contributed by atoms with E-state index in [1.165, 1.54) is 6.92 Å². The predicted molar refractivity (Wildman–Crippen MR) is 50.9 cm³/mol. The molecule has 0 aliphatic heterocycles. The van der Waals surface area contributed by atoms with E-state index in [-0.39, 0.29) is 5.78 Å². The van der Waals surface area contributed by atoms with E-state index in [1.54, 1.807) is 0 Å². The summed E-state index contributed by atoms with van der Waals surface area (Å²) in [6, 6.07) is 0. The van der Waals surface area contributed by atoms with Crippen molar-refractivity contribution in [2.45, 2.75) is 19.4 Å². The fraction of sp³-hybridized carbons (Fsp3) is 0.556. The molecule has 0 radical (unpaired) electrons. The fourth-order valence-corrected chi connectivity index (χ4v) is 0.699. The summed E-state index contributed by atoms with van der Waals surface area (Å²) in [5.41, 5.74) is 0. The largest absolute Gasteiger partial charge is 0.481 e. The first-order valence-electron chi connectivity index (χ1n) is 4.54. The number of esters is 2. The molecule has 0 saturated carbocycles. The summed E-state index contributed by atoms with van der Waals surface area (Å²) in [6.07, 6.45) is -2.66. The van der Waals surface area contributed by atoms with Crippen LogP contribution in [-0.4, -0.2) is 53.2 Å². The van der Waals surface area contributed by atoms with E-state index >= 15 is 0 Å². The zero-order chi connectivity index (χ0) is 13.4. The first-order chi connectivity index (χ1) is 7.82. The van der Waals surface area contributed by atoms with E-state index in [2.05, 4.69) is 9.47 Å². The van der Waals surface area contributed by atoms with Crippen LogP contribution >= 0.6 is 0 Å². The maximum atomic E-state index is 10.9. The maximum absolute atomic E-state index is 10.9. The second kappa shape index (κ2) is 7.34. The Labute approximate surface area is 96.1 Å². The van der Waals surface area contributed by atoms with Gasteiger partial charge in [-0.05, 0) is 6.92 Å². The molecule has 0 spiro atoms. The number of aliphatic hydroxyl groups is 1. The van der Waals surface area contributed by atoms with Gasteiger partial charge in [-0.15, -0.1) is 0 Å². The summed E-state index contributed by atoms with van der Waals surface area (Å²) in [5, 5.41) is 17.2. The van der Waals surface area contributed by atoms with Crippen LogP contribution in [0.4, 0.5) is 0 Å².